The number of thioether (sulfide) groups is 1. The van der Waals surface area contributed by atoms with E-state index in [1.54, 1.807) is 19.2 Å². The van der Waals surface area contributed by atoms with Gasteiger partial charge in [-0.3, -0.25) is 4.79 Å². The molecule has 1 saturated heterocycles. The Morgan fingerprint density at radius 3 is 2.77 bits per heavy atom. The van der Waals surface area contributed by atoms with Gasteiger partial charge in [-0.15, -0.1) is 0 Å². The van der Waals surface area contributed by atoms with Crippen LogP contribution < -0.4 is 9.47 Å². The first-order valence-electron chi connectivity index (χ1n) is 8.93. The van der Waals surface area contributed by atoms with Crippen molar-refractivity contribution in [1.82, 2.24) is 4.90 Å². The summed E-state index contributed by atoms with van der Waals surface area (Å²) in [6.45, 7) is 0.766. The molecule has 1 aliphatic heterocycles. The van der Waals surface area contributed by atoms with Crippen LogP contribution in [0.25, 0.3) is 0 Å². The molecule has 0 saturated carbocycles. The van der Waals surface area contributed by atoms with Gasteiger partial charge in [-0.05, 0) is 48.4 Å². The van der Waals surface area contributed by atoms with E-state index in [9.17, 15) is 10.0 Å². The summed E-state index contributed by atoms with van der Waals surface area (Å²) in [4.78, 5) is 14.9. The van der Waals surface area contributed by atoms with E-state index in [2.05, 4.69) is 0 Å². The van der Waals surface area contributed by atoms with Gasteiger partial charge in [-0.25, -0.2) is 0 Å². The van der Waals surface area contributed by atoms with Gasteiger partial charge in [0.2, 0.25) is 5.91 Å². The Bertz CT molecular complexity index is 736. The Morgan fingerprint density at radius 2 is 2.04 bits per heavy atom. The summed E-state index contributed by atoms with van der Waals surface area (Å²) < 4.78 is 6.05. The minimum Gasteiger partial charge on any atom is -0.618 e. The average molecular weight is 372 g/mol. The molecule has 0 unspecified atom stereocenters. The molecule has 0 radical (unpaired) electrons. The zero-order chi connectivity index (χ0) is 18.4. The quantitative estimate of drug-likeness (QED) is 0.457. The molecular weight excluding hydrogens is 348 g/mol. The van der Waals surface area contributed by atoms with Crippen LogP contribution in [0.1, 0.15) is 37.3 Å². The lowest BCUT2D eigenvalue weighted by Gasteiger charge is -2.30. The highest BCUT2D eigenvalue weighted by Gasteiger charge is 2.27. The second kappa shape index (κ2) is 8.94. The van der Waals surface area contributed by atoms with Gasteiger partial charge in [0.05, 0.1) is 18.9 Å². The van der Waals surface area contributed by atoms with Gasteiger partial charge in [0, 0.05) is 18.7 Å². The first-order valence-corrected chi connectivity index (χ1v) is 9.92. The molecule has 26 heavy (non-hydrogen) atoms. The van der Waals surface area contributed by atoms with Crippen LogP contribution in [0.15, 0.2) is 53.7 Å². The highest BCUT2D eigenvalue weighted by molar-refractivity contribution is 7.99. The monoisotopic (exact) mass is 372 g/mol. The van der Waals surface area contributed by atoms with Crippen molar-refractivity contribution >= 4 is 17.7 Å². The Kier molecular flexibility index (Phi) is 6.39. The molecule has 6 heteroatoms. The number of hydrogen-bond donors (Lipinski definition) is 0. The Morgan fingerprint density at radius 1 is 1.23 bits per heavy atom. The number of likely N-dealkylation sites (tertiary alicyclic amines) is 1. The molecule has 0 spiro atoms. The number of carbonyl (C=O) groups excluding carboxylic acids is 1. The van der Waals surface area contributed by atoms with Crippen LogP contribution in [-0.2, 0) is 4.79 Å². The first-order chi connectivity index (χ1) is 12.7. The number of methoxy groups -OCH3 is 1. The maximum Gasteiger partial charge on any atom is 0.251 e. The fraction of sp³-hybridized carbons (Fsp3) is 0.400. The number of benzene rings is 1. The fourth-order valence-electron chi connectivity index (χ4n) is 3.32. The Balaban J connectivity index is 1.73. The SMILES string of the molecule is COc1ccc([C@H]2CCCCCN2C(=O)CSc2cccc[n+]2[O-])cc1. The lowest BCUT2D eigenvalue weighted by atomic mass is 10.0. The summed E-state index contributed by atoms with van der Waals surface area (Å²) in [5.74, 6) is 1.18. The summed E-state index contributed by atoms with van der Waals surface area (Å²) in [6, 6.07) is 13.3. The molecule has 1 fully saturated rings. The third-order valence-electron chi connectivity index (χ3n) is 4.71. The van der Waals surface area contributed by atoms with Gasteiger partial charge < -0.3 is 14.8 Å². The van der Waals surface area contributed by atoms with E-state index < -0.39 is 0 Å². The van der Waals surface area contributed by atoms with E-state index in [1.807, 2.05) is 35.2 Å². The Labute approximate surface area is 158 Å². The number of hydrogen-bond acceptors (Lipinski definition) is 4. The molecular formula is C20H24N2O3S. The van der Waals surface area contributed by atoms with Crippen LogP contribution >= 0.6 is 11.8 Å². The summed E-state index contributed by atoms with van der Waals surface area (Å²) in [5.41, 5.74) is 1.14. The van der Waals surface area contributed by atoms with Gasteiger partial charge >= 0.3 is 0 Å². The smallest absolute Gasteiger partial charge is 0.251 e. The number of pyridine rings is 1. The Hall–Kier alpha value is -2.21. The molecule has 3 rings (SSSR count). The van der Waals surface area contributed by atoms with Gasteiger partial charge in [0.25, 0.3) is 5.03 Å². The van der Waals surface area contributed by atoms with Gasteiger partial charge in [0.1, 0.15) is 5.75 Å². The van der Waals surface area contributed by atoms with E-state index >= 15 is 0 Å². The van der Waals surface area contributed by atoms with E-state index in [-0.39, 0.29) is 17.7 Å². The minimum absolute atomic E-state index is 0.0848. The number of ether oxygens (including phenoxy) is 1. The van der Waals surface area contributed by atoms with E-state index in [0.29, 0.717) is 5.03 Å². The summed E-state index contributed by atoms with van der Waals surface area (Å²) in [7, 11) is 1.65. The second-order valence-electron chi connectivity index (χ2n) is 6.38. The molecule has 0 aliphatic carbocycles. The zero-order valence-electron chi connectivity index (χ0n) is 15.0. The molecule has 138 valence electrons. The fourth-order valence-corrected chi connectivity index (χ4v) is 4.12. The molecule has 1 aromatic carbocycles. The van der Waals surface area contributed by atoms with Crippen LogP contribution in [0.5, 0.6) is 5.75 Å². The standard InChI is InChI=1S/C20H24N2O3S/c1-25-17-11-9-16(10-12-17)18-7-3-2-5-13-21(18)19(23)15-26-20-8-4-6-14-22(20)24/h4,6,8-12,14,18H,2-3,5,7,13,15H2,1H3/t18-/m1/s1. The van der Waals surface area contributed by atoms with Crippen molar-refractivity contribution in [2.75, 3.05) is 19.4 Å². The number of rotatable bonds is 5. The summed E-state index contributed by atoms with van der Waals surface area (Å²) in [6.07, 6.45) is 5.71. The second-order valence-corrected chi connectivity index (χ2v) is 7.37. The van der Waals surface area contributed by atoms with Crippen LogP contribution in [0.4, 0.5) is 0 Å². The van der Waals surface area contributed by atoms with Crippen LogP contribution in [-0.4, -0.2) is 30.2 Å². The number of amides is 1. The van der Waals surface area contributed by atoms with Crippen molar-refractivity contribution < 1.29 is 14.3 Å². The molecule has 5 nitrogen and oxygen atoms in total. The van der Waals surface area contributed by atoms with Gasteiger partial charge in [-0.2, -0.15) is 4.73 Å². The number of nitrogens with zero attached hydrogens (tertiary/aromatic N) is 2. The number of aromatic nitrogens is 1. The molecule has 2 heterocycles. The third-order valence-corrected chi connectivity index (χ3v) is 5.71. The highest BCUT2D eigenvalue weighted by Crippen LogP contribution is 2.32. The largest absolute Gasteiger partial charge is 0.618 e. The van der Waals surface area contributed by atoms with E-state index in [4.69, 9.17) is 4.74 Å². The molecule has 0 N–H and O–H groups in total. The molecule has 2 aromatic rings. The average Bonchev–Trinajstić information content (AvgIpc) is 2.93. The minimum atomic E-state index is 0.0848. The normalized spacial score (nSPS) is 17.6. The molecule has 0 bridgehead atoms. The molecule has 1 atom stereocenters. The van der Waals surface area contributed by atoms with Crippen molar-refractivity contribution in [3.63, 3.8) is 0 Å². The van der Waals surface area contributed by atoms with E-state index in [1.165, 1.54) is 18.0 Å². The van der Waals surface area contributed by atoms with Crippen LogP contribution in [0.3, 0.4) is 0 Å². The van der Waals surface area contributed by atoms with Crippen molar-refractivity contribution in [2.45, 2.75) is 36.8 Å². The molecule has 1 amide bonds. The third kappa shape index (κ3) is 4.49. The van der Waals surface area contributed by atoms with E-state index in [0.717, 1.165) is 48.3 Å². The zero-order valence-corrected chi connectivity index (χ0v) is 15.8. The van der Waals surface area contributed by atoms with Crippen LogP contribution in [0, 0.1) is 5.21 Å². The lowest BCUT2D eigenvalue weighted by molar-refractivity contribution is -0.645. The first kappa shape index (κ1) is 18.6. The van der Waals surface area contributed by atoms with Crippen molar-refractivity contribution in [3.8, 4) is 5.75 Å². The van der Waals surface area contributed by atoms with Gasteiger partial charge in [-0.1, -0.05) is 25.0 Å². The van der Waals surface area contributed by atoms with Crippen molar-refractivity contribution in [1.29, 1.82) is 0 Å². The maximum absolute atomic E-state index is 12.9. The van der Waals surface area contributed by atoms with Crippen molar-refractivity contribution in [2.24, 2.45) is 0 Å². The topological polar surface area (TPSA) is 56.5 Å². The predicted octanol–water partition coefficient (Wildman–Crippen LogP) is 3.56. The lowest BCUT2D eigenvalue weighted by Crippen LogP contribution is -2.36. The molecule has 1 aliphatic rings. The van der Waals surface area contributed by atoms with Crippen LogP contribution in [0.2, 0.25) is 0 Å². The number of carbonyl (C=O) groups is 1. The highest BCUT2D eigenvalue weighted by atomic mass is 32.2. The van der Waals surface area contributed by atoms with Crippen molar-refractivity contribution in [3.05, 3.63) is 59.4 Å². The molecule has 1 aromatic heterocycles. The van der Waals surface area contributed by atoms with Gasteiger partial charge in [0.15, 0.2) is 6.20 Å². The summed E-state index contributed by atoms with van der Waals surface area (Å²) in [5, 5.41) is 12.3. The maximum atomic E-state index is 12.9. The summed E-state index contributed by atoms with van der Waals surface area (Å²) >= 11 is 1.30. The predicted molar refractivity (Wildman–Crippen MR) is 102 cm³/mol.